The molecule has 0 atom stereocenters. The first-order chi connectivity index (χ1) is 12.9. The molecule has 1 saturated heterocycles. The standard InChI is InChI=1S/C16H18BrF3N4O2S/c17-12-2-1-3-13(10-12)26-8-9-27-15-22-21-14(23-4-6-25-7-5-23)24(15)11-16(18,19)20/h1-3,10H,4-9,11H2. The van der Waals surface area contributed by atoms with Crippen molar-refractivity contribution in [2.45, 2.75) is 17.9 Å². The number of thioether (sulfide) groups is 1. The van der Waals surface area contributed by atoms with Gasteiger partial charge in [0.2, 0.25) is 5.95 Å². The number of aromatic nitrogens is 3. The van der Waals surface area contributed by atoms with Crippen LogP contribution in [0.25, 0.3) is 0 Å². The summed E-state index contributed by atoms with van der Waals surface area (Å²) >= 11 is 4.55. The van der Waals surface area contributed by atoms with Gasteiger partial charge in [-0.15, -0.1) is 10.2 Å². The molecule has 11 heteroatoms. The van der Waals surface area contributed by atoms with E-state index in [9.17, 15) is 13.2 Å². The summed E-state index contributed by atoms with van der Waals surface area (Å²) in [5.74, 6) is 1.37. The molecular weight excluding hydrogens is 449 g/mol. The number of hydrogen-bond donors (Lipinski definition) is 0. The van der Waals surface area contributed by atoms with Crippen LogP contribution in [0.15, 0.2) is 33.9 Å². The second-order valence-electron chi connectivity index (χ2n) is 5.74. The van der Waals surface area contributed by atoms with Gasteiger partial charge in [-0.2, -0.15) is 13.2 Å². The highest BCUT2D eigenvalue weighted by molar-refractivity contribution is 9.10. The van der Waals surface area contributed by atoms with E-state index >= 15 is 0 Å². The van der Waals surface area contributed by atoms with Gasteiger partial charge in [0.1, 0.15) is 12.3 Å². The average Bonchev–Trinajstić information content (AvgIpc) is 3.00. The zero-order valence-electron chi connectivity index (χ0n) is 14.3. The van der Waals surface area contributed by atoms with E-state index in [4.69, 9.17) is 9.47 Å². The number of ether oxygens (including phenoxy) is 2. The molecule has 1 aliphatic heterocycles. The lowest BCUT2D eigenvalue weighted by Gasteiger charge is -2.28. The quantitative estimate of drug-likeness (QED) is 0.458. The van der Waals surface area contributed by atoms with Crippen molar-refractivity contribution in [3.05, 3.63) is 28.7 Å². The maximum Gasteiger partial charge on any atom is 0.406 e. The summed E-state index contributed by atoms with van der Waals surface area (Å²) in [5, 5.41) is 8.18. The number of halogens is 4. The van der Waals surface area contributed by atoms with Crippen molar-refractivity contribution in [2.24, 2.45) is 0 Å². The summed E-state index contributed by atoms with van der Waals surface area (Å²) in [7, 11) is 0. The fourth-order valence-corrected chi connectivity index (χ4v) is 3.68. The van der Waals surface area contributed by atoms with E-state index in [0.29, 0.717) is 44.4 Å². The summed E-state index contributed by atoms with van der Waals surface area (Å²) in [6, 6.07) is 7.38. The minimum absolute atomic E-state index is 0.228. The normalized spacial score (nSPS) is 15.2. The van der Waals surface area contributed by atoms with Crippen LogP contribution in [0.3, 0.4) is 0 Å². The number of rotatable bonds is 7. The zero-order chi connectivity index (χ0) is 19.3. The van der Waals surface area contributed by atoms with Crippen molar-refractivity contribution in [2.75, 3.05) is 43.6 Å². The van der Waals surface area contributed by atoms with E-state index in [-0.39, 0.29) is 11.1 Å². The monoisotopic (exact) mass is 466 g/mol. The van der Waals surface area contributed by atoms with E-state index < -0.39 is 12.7 Å². The highest BCUT2D eigenvalue weighted by Crippen LogP contribution is 2.28. The highest BCUT2D eigenvalue weighted by atomic mass is 79.9. The molecule has 0 N–H and O–H groups in total. The topological polar surface area (TPSA) is 52.4 Å². The lowest BCUT2D eigenvalue weighted by molar-refractivity contribution is -0.141. The number of morpholine rings is 1. The first-order valence-corrected chi connectivity index (χ1v) is 10.0. The highest BCUT2D eigenvalue weighted by Gasteiger charge is 2.32. The molecule has 0 spiro atoms. The van der Waals surface area contributed by atoms with E-state index in [1.807, 2.05) is 24.3 Å². The van der Waals surface area contributed by atoms with Gasteiger partial charge in [-0.3, -0.25) is 4.57 Å². The third-order valence-corrected chi connectivity index (χ3v) is 5.13. The van der Waals surface area contributed by atoms with Gasteiger partial charge in [0.25, 0.3) is 0 Å². The maximum absolute atomic E-state index is 13.0. The predicted molar refractivity (Wildman–Crippen MR) is 99.5 cm³/mol. The van der Waals surface area contributed by atoms with Crippen LogP contribution in [0.4, 0.5) is 19.1 Å². The van der Waals surface area contributed by atoms with Gasteiger partial charge in [-0.05, 0) is 18.2 Å². The van der Waals surface area contributed by atoms with E-state index in [1.54, 1.807) is 4.90 Å². The Labute approximate surface area is 167 Å². The van der Waals surface area contributed by atoms with Crippen molar-refractivity contribution in [3.8, 4) is 5.75 Å². The minimum atomic E-state index is -4.36. The largest absolute Gasteiger partial charge is 0.493 e. The Balaban J connectivity index is 1.64. The number of hydrogen-bond acceptors (Lipinski definition) is 6. The van der Waals surface area contributed by atoms with Crippen molar-refractivity contribution < 1.29 is 22.6 Å². The predicted octanol–water partition coefficient (Wildman–Crippen LogP) is 3.61. The molecule has 1 aliphatic rings. The van der Waals surface area contributed by atoms with Crippen molar-refractivity contribution in [1.82, 2.24) is 14.8 Å². The van der Waals surface area contributed by atoms with Gasteiger partial charge in [0.15, 0.2) is 5.16 Å². The molecule has 148 valence electrons. The van der Waals surface area contributed by atoms with Crippen LogP contribution in [-0.4, -0.2) is 59.6 Å². The van der Waals surface area contributed by atoms with Gasteiger partial charge in [-0.25, -0.2) is 0 Å². The van der Waals surface area contributed by atoms with Crippen LogP contribution in [0.1, 0.15) is 0 Å². The SMILES string of the molecule is FC(F)(F)Cn1c(SCCOc2cccc(Br)c2)nnc1N1CCOCC1. The van der Waals surface area contributed by atoms with Crippen LogP contribution >= 0.6 is 27.7 Å². The lowest BCUT2D eigenvalue weighted by atomic mass is 10.3. The van der Waals surface area contributed by atoms with Gasteiger partial charge < -0.3 is 14.4 Å². The third-order valence-electron chi connectivity index (χ3n) is 3.71. The van der Waals surface area contributed by atoms with Gasteiger partial charge >= 0.3 is 6.18 Å². The Hall–Kier alpha value is -1.46. The number of anilines is 1. The van der Waals surface area contributed by atoms with Gasteiger partial charge in [-0.1, -0.05) is 33.8 Å². The molecule has 0 radical (unpaired) electrons. The molecule has 27 heavy (non-hydrogen) atoms. The molecule has 0 unspecified atom stereocenters. The first kappa shape index (κ1) is 20.3. The summed E-state index contributed by atoms with van der Waals surface area (Å²) in [6.07, 6.45) is -4.36. The summed E-state index contributed by atoms with van der Waals surface area (Å²) in [4.78, 5) is 1.77. The Kier molecular flexibility index (Phi) is 6.88. The molecule has 3 rings (SSSR count). The Morgan fingerprint density at radius 3 is 2.70 bits per heavy atom. The van der Waals surface area contributed by atoms with Crippen molar-refractivity contribution >= 4 is 33.6 Å². The van der Waals surface area contributed by atoms with Crippen LogP contribution in [-0.2, 0) is 11.3 Å². The van der Waals surface area contributed by atoms with Gasteiger partial charge in [0, 0.05) is 23.3 Å². The van der Waals surface area contributed by atoms with Crippen LogP contribution in [0.5, 0.6) is 5.75 Å². The summed E-state index contributed by atoms with van der Waals surface area (Å²) < 4.78 is 52.0. The smallest absolute Gasteiger partial charge is 0.406 e. The van der Waals surface area contributed by atoms with Gasteiger partial charge in [0.05, 0.1) is 19.8 Å². The first-order valence-electron chi connectivity index (χ1n) is 8.26. The Morgan fingerprint density at radius 1 is 1.22 bits per heavy atom. The molecule has 0 bridgehead atoms. The van der Waals surface area contributed by atoms with Crippen LogP contribution < -0.4 is 9.64 Å². The molecule has 0 amide bonds. The fraction of sp³-hybridized carbons (Fsp3) is 0.500. The minimum Gasteiger partial charge on any atom is -0.493 e. The van der Waals surface area contributed by atoms with Crippen LogP contribution in [0.2, 0.25) is 0 Å². The van der Waals surface area contributed by atoms with Crippen LogP contribution in [0, 0.1) is 0 Å². The molecule has 0 aliphatic carbocycles. The Morgan fingerprint density at radius 2 is 2.00 bits per heavy atom. The molecule has 1 fully saturated rings. The third kappa shape index (κ3) is 6.01. The fourth-order valence-electron chi connectivity index (χ4n) is 2.55. The molecule has 2 aromatic rings. The summed E-state index contributed by atoms with van der Waals surface area (Å²) in [6.45, 7) is 1.12. The summed E-state index contributed by atoms with van der Waals surface area (Å²) in [5.41, 5.74) is 0. The number of benzene rings is 1. The number of alkyl halides is 3. The van der Waals surface area contributed by atoms with E-state index in [1.165, 1.54) is 11.8 Å². The molecule has 1 aromatic heterocycles. The molecule has 1 aromatic carbocycles. The lowest BCUT2D eigenvalue weighted by Crippen LogP contribution is -2.38. The van der Waals surface area contributed by atoms with Crippen molar-refractivity contribution in [1.29, 1.82) is 0 Å². The second-order valence-corrected chi connectivity index (χ2v) is 7.72. The molecule has 0 saturated carbocycles. The number of nitrogens with zero attached hydrogens (tertiary/aromatic N) is 4. The molecular formula is C16H18BrF3N4O2S. The zero-order valence-corrected chi connectivity index (χ0v) is 16.7. The second kappa shape index (κ2) is 9.16. The molecule has 6 nitrogen and oxygen atoms in total. The van der Waals surface area contributed by atoms with E-state index in [0.717, 1.165) is 9.04 Å². The molecule has 2 heterocycles. The maximum atomic E-state index is 13.0. The average molecular weight is 467 g/mol. The van der Waals surface area contributed by atoms with Crippen molar-refractivity contribution in [3.63, 3.8) is 0 Å². The van der Waals surface area contributed by atoms with E-state index in [2.05, 4.69) is 26.1 Å². The Bertz CT molecular complexity index is 754.